The minimum atomic E-state index is -0.164. The fraction of sp³-hybridized carbons (Fsp3) is 0.176. The van der Waals surface area contributed by atoms with Crippen molar-refractivity contribution in [2.45, 2.75) is 18.7 Å². The van der Waals surface area contributed by atoms with Crippen molar-refractivity contribution in [2.24, 2.45) is 0 Å². The Morgan fingerprint density at radius 1 is 1.05 bits per heavy atom. The van der Waals surface area contributed by atoms with Crippen LogP contribution in [0.5, 0.6) is 0 Å². The summed E-state index contributed by atoms with van der Waals surface area (Å²) in [5.74, 6) is -0.164. The summed E-state index contributed by atoms with van der Waals surface area (Å²) in [7, 11) is 0. The lowest BCUT2D eigenvalue weighted by molar-refractivity contribution is 0.639. The van der Waals surface area contributed by atoms with Crippen LogP contribution in [0.25, 0.3) is 10.8 Å². The second-order valence-corrected chi connectivity index (χ2v) is 7.15. The predicted molar refractivity (Wildman–Crippen MR) is 88.5 cm³/mol. The minimum absolute atomic E-state index is 0.103. The fourth-order valence-electron chi connectivity index (χ4n) is 2.56. The summed E-state index contributed by atoms with van der Waals surface area (Å²) in [5.41, 5.74) is 2.40. The molecule has 1 unspecified atom stereocenters. The zero-order chi connectivity index (χ0) is 14.3. The van der Waals surface area contributed by atoms with Crippen LogP contribution in [0.15, 0.2) is 42.5 Å². The highest BCUT2D eigenvalue weighted by Crippen LogP contribution is 2.40. The highest BCUT2D eigenvalue weighted by atomic mass is 79.9. The van der Waals surface area contributed by atoms with Crippen LogP contribution in [0.3, 0.4) is 0 Å². The quantitative estimate of drug-likeness (QED) is 0.487. The first kappa shape index (κ1) is 13.8. The van der Waals surface area contributed by atoms with Gasteiger partial charge in [0.05, 0.1) is 4.83 Å². The second-order valence-electron chi connectivity index (χ2n) is 4.95. The predicted octanol–water partition coefficient (Wildman–Crippen LogP) is 6.14. The van der Waals surface area contributed by atoms with E-state index in [-0.39, 0.29) is 10.6 Å². The lowest BCUT2D eigenvalue weighted by Crippen LogP contribution is -1.94. The maximum Gasteiger partial charge on any atom is 0.131 e. The van der Waals surface area contributed by atoms with Crippen molar-refractivity contribution in [3.63, 3.8) is 0 Å². The number of thiophene rings is 1. The molecule has 0 saturated carbocycles. The third-order valence-corrected chi connectivity index (χ3v) is 5.96. The molecule has 0 amide bonds. The topological polar surface area (TPSA) is 0 Å². The van der Waals surface area contributed by atoms with Crippen LogP contribution >= 0.6 is 27.3 Å². The zero-order valence-electron chi connectivity index (χ0n) is 11.3. The molecule has 2 aromatic carbocycles. The molecule has 102 valence electrons. The lowest BCUT2D eigenvalue weighted by atomic mass is 10.00. The van der Waals surface area contributed by atoms with E-state index < -0.39 is 0 Å². The molecule has 0 nitrogen and oxygen atoms in total. The molecule has 20 heavy (non-hydrogen) atoms. The Balaban J connectivity index is 2.20. The normalized spacial score (nSPS) is 12.8. The molecule has 0 aliphatic rings. The van der Waals surface area contributed by atoms with E-state index >= 15 is 0 Å². The molecule has 1 aromatic heterocycles. The molecule has 0 bridgehead atoms. The number of halogens is 2. The second kappa shape index (κ2) is 5.30. The number of aryl methyl sites for hydroxylation is 2. The Morgan fingerprint density at radius 3 is 2.40 bits per heavy atom. The molecule has 0 N–H and O–H groups in total. The molecule has 0 aliphatic heterocycles. The average molecular weight is 349 g/mol. The summed E-state index contributed by atoms with van der Waals surface area (Å²) in [6, 6.07) is 13.3. The van der Waals surface area contributed by atoms with Crippen molar-refractivity contribution in [2.75, 3.05) is 0 Å². The molecule has 3 heteroatoms. The summed E-state index contributed by atoms with van der Waals surface area (Å²) in [5, 5.41) is 1.65. The number of alkyl halides is 1. The van der Waals surface area contributed by atoms with Gasteiger partial charge < -0.3 is 0 Å². The van der Waals surface area contributed by atoms with Gasteiger partial charge in [-0.15, -0.1) is 11.3 Å². The molecule has 1 heterocycles. The van der Waals surface area contributed by atoms with Gasteiger partial charge in [0.15, 0.2) is 0 Å². The third-order valence-electron chi connectivity index (χ3n) is 3.49. The van der Waals surface area contributed by atoms with Gasteiger partial charge in [0.1, 0.15) is 5.82 Å². The van der Waals surface area contributed by atoms with Crippen molar-refractivity contribution in [1.82, 2.24) is 0 Å². The summed E-state index contributed by atoms with van der Waals surface area (Å²) in [4.78, 5) is 2.69. The smallest absolute Gasteiger partial charge is 0.131 e. The molecule has 0 spiro atoms. The molecule has 0 aliphatic carbocycles. The van der Waals surface area contributed by atoms with E-state index in [9.17, 15) is 4.39 Å². The molecular formula is C17H14BrFS. The van der Waals surface area contributed by atoms with Gasteiger partial charge in [0, 0.05) is 15.1 Å². The van der Waals surface area contributed by atoms with Crippen LogP contribution in [0.2, 0.25) is 0 Å². The SMILES string of the molecule is Cc1cc(C)c(C(Br)c2ccc(F)c3ccccc23)s1. The van der Waals surface area contributed by atoms with Crippen LogP contribution in [0.4, 0.5) is 4.39 Å². The van der Waals surface area contributed by atoms with E-state index in [0.717, 1.165) is 10.9 Å². The third kappa shape index (κ3) is 2.29. The van der Waals surface area contributed by atoms with Crippen molar-refractivity contribution in [3.8, 4) is 0 Å². The minimum Gasteiger partial charge on any atom is -0.206 e. The summed E-state index contributed by atoms with van der Waals surface area (Å²) in [6.07, 6.45) is 0. The number of hydrogen-bond donors (Lipinski definition) is 0. The van der Waals surface area contributed by atoms with Gasteiger partial charge in [-0.25, -0.2) is 4.39 Å². The van der Waals surface area contributed by atoms with Crippen LogP contribution in [0.1, 0.15) is 25.7 Å². The van der Waals surface area contributed by atoms with Crippen LogP contribution in [-0.2, 0) is 0 Å². The van der Waals surface area contributed by atoms with E-state index in [1.807, 2.05) is 30.3 Å². The zero-order valence-corrected chi connectivity index (χ0v) is 13.7. The first-order valence-corrected chi connectivity index (χ1v) is 8.19. The van der Waals surface area contributed by atoms with Crippen molar-refractivity contribution in [3.05, 3.63) is 69.2 Å². The van der Waals surface area contributed by atoms with Crippen molar-refractivity contribution in [1.29, 1.82) is 0 Å². The van der Waals surface area contributed by atoms with Gasteiger partial charge >= 0.3 is 0 Å². The number of fused-ring (bicyclic) bond motifs is 1. The van der Waals surface area contributed by atoms with Gasteiger partial charge in [-0.3, -0.25) is 0 Å². The average Bonchev–Trinajstić information content (AvgIpc) is 2.78. The van der Waals surface area contributed by atoms with Gasteiger partial charge in [-0.2, -0.15) is 0 Å². The van der Waals surface area contributed by atoms with E-state index in [1.165, 1.54) is 15.3 Å². The van der Waals surface area contributed by atoms with Crippen molar-refractivity contribution >= 4 is 38.0 Å². The van der Waals surface area contributed by atoms with Gasteiger partial charge in [0.2, 0.25) is 0 Å². The Kier molecular flexibility index (Phi) is 3.65. The molecule has 0 radical (unpaired) electrons. The molecular weight excluding hydrogens is 335 g/mol. The number of rotatable bonds is 2. The molecule has 0 saturated heterocycles. The maximum absolute atomic E-state index is 13.9. The monoisotopic (exact) mass is 348 g/mol. The fourth-order valence-corrected chi connectivity index (χ4v) is 4.63. The number of hydrogen-bond acceptors (Lipinski definition) is 1. The van der Waals surface area contributed by atoms with Gasteiger partial charge in [0.25, 0.3) is 0 Å². The molecule has 3 rings (SSSR count). The van der Waals surface area contributed by atoms with Crippen LogP contribution < -0.4 is 0 Å². The Bertz CT molecular complexity index is 776. The molecule has 3 aromatic rings. The highest BCUT2D eigenvalue weighted by molar-refractivity contribution is 9.09. The number of benzene rings is 2. The summed E-state index contributed by atoms with van der Waals surface area (Å²) >= 11 is 5.58. The van der Waals surface area contributed by atoms with Gasteiger partial charge in [-0.05, 0) is 42.5 Å². The Hall–Kier alpha value is -1.19. The highest BCUT2D eigenvalue weighted by Gasteiger charge is 2.18. The summed E-state index contributed by atoms with van der Waals surface area (Å²) in [6.45, 7) is 4.24. The maximum atomic E-state index is 13.9. The van der Waals surface area contributed by atoms with Gasteiger partial charge in [-0.1, -0.05) is 46.3 Å². The van der Waals surface area contributed by atoms with Crippen molar-refractivity contribution < 1.29 is 4.39 Å². The lowest BCUT2D eigenvalue weighted by Gasteiger charge is -2.13. The molecule has 0 fully saturated rings. The largest absolute Gasteiger partial charge is 0.206 e. The van der Waals surface area contributed by atoms with E-state index in [2.05, 4.69) is 35.8 Å². The van der Waals surface area contributed by atoms with E-state index in [1.54, 1.807) is 17.4 Å². The van der Waals surface area contributed by atoms with E-state index in [4.69, 9.17) is 0 Å². The molecule has 1 atom stereocenters. The standard InChI is InChI=1S/C17H14BrFS/c1-10-9-11(2)20-17(10)16(18)14-7-8-15(19)13-6-4-3-5-12(13)14/h3-9,16H,1-2H3. The first-order valence-electron chi connectivity index (χ1n) is 6.46. The first-order chi connectivity index (χ1) is 9.58. The Labute approximate surface area is 130 Å². The van der Waals surface area contributed by atoms with Crippen LogP contribution in [-0.4, -0.2) is 0 Å². The summed E-state index contributed by atoms with van der Waals surface area (Å²) < 4.78 is 13.9. The van der Waals surface area contributed by atoms with Crippen LogP contribution in [0, 0.1) is 19.7 Å². The van der Waals surface area contributed by atoms with E-state index in [0.29, 0.717) is 5.39 Å². The Morgan fingerprint density at radius 2 is 1.75 bits per heavy atom.